The van der Waals surface area contributed by atoms with E-state index in [-0.39, 0.29) is 29.8 Å². The Labute approximate surface area is 196 Å². The Morgan fingerprint density at radius 2 is 1.80 bits per heavy atom. The lowest BCUT2D eigenvalue weighted by molar-refractivity contribution is 0.312. The molecule has 1 fully saturated rings. The average molecular weight is 526 g/mol. The van der Waals surface area contributed by atoms with Gasteiger partial charge in [0.05, 0.1) is 6.54 Å². The Morgan fingerprint density at radius 3 is 2.50 bits per heavy atom. The van der Waals surface area contributed by atoms with Gasteiger partial charge in [-0.05, 0) is 55.8 Å². The lowest BCUT2D eigenvalue weighted by Crippen LogP contribution is -2.44. The SMILES string of the molecule is CCNC(=NCc1ccnc(N2CCN(C)CC2)c1)NCCc1ccc(F)cc1.I. The first kappa shape index (κ1) is 24.3. The van der Waals surface area contributed by atoms with Crippen molar-refractivity contribution >= 4 is 35.8 Å². The summed E-state index contributed by atoms with van der Waals surface area (Å²) in [7, 11) is 2.15. The lowest BCUT2D eigenvalue weighted by atomic mass is 10.1. The molecule has 0 aliphatic carbocycles. The fraction of sp³-hybridized carbons (Fsp3) is 0.455. The number of piperazine rings is 1. The normalized spacial score (nSPS) is 14.9. The standard InChI is InChI=1S/C22H31FN6.HI/c1-3-24-22(26-11-8-18-4-6-20(23)7-5-18)27-17-19-9-10-25-21(16-19)29-14-12-28(2)13-15-29;/h4-7,9-10,16H,3,8,11-15,17H2,1-2H3,(H2,24,26,27);1H. The van der Waals surface area contributed by atoms with E-state index in [9.17, 15) is 4.39 Å². The highest BCUT2D eigenvalue weighted by molar-refractivity contribution is 14.0. The quantitative estimate of drug-likeness (QED) is 0.330. The van der Waals surface area contributed by atoms with Crippen molar-refractivity contribution < 1.29 is 4.39 Å². The Morgan fingerprint density at radius 1 is 1.07 bits per heavy atom. The fourth-order valence-electron chi connectivity index (χ4n) is 3.26. The Balaban J connectivity index is 0.00000320. The lowest BCUT2D eigenvalue weighted by Gasteiger charge is -2.33. The van der Waals surface area contributed by atoms with E-state index in [4.69, 9.17) is 4.99 Å². The molecule has 2 aromatic rings. The third kappa shape index (κ3) is 7.71. The fourth-order valence-corrected chi connectivity index (χ4v) is 3.26. The number of nitrogens with zero attached hydrogens (tertiary/aromatic N) is 4. The second-order valence-corrected chi connectivity index (χ2v) is 7.31. The molecular weight excluding hydrogens is 494 g/mol. The Kier molecular flexibility index (Phi) is 10.3. The van der Waals surface area contributed by atoms with Crippen LogP contribution in [0, 0.1) is 5.82 Å². The first-order valence-electron chi connectivity index (χ1n) is 10.3. The van der Waals surface area contributed by atoms with Crippen molar-refractivity contribution in [3.63, 3.8) is 0 Å². The predicted molar refractivity (Wildman–Crippen MR) is 132 cm³/mol. The van der Waals surface area contributed by atoms with Gasteiger partial charge in [-0.2, -0.15) is 0 Å². The van der Waals surface area contributed by atoms with E-state index >= 15 is 0 Å². The summed E-state index contributed by atoms with van der Waals surface area (Å²) < 4.78 is 13.0. The zero-order chi connectivity index (χ0) is 20.5. The molecule has 0 unspecified atom stereocenters. The van der Waals surface area contributed by atoms with Crippen molar-refractivity contribution in [3.05, 3.63) is 59.5 Å². The number of anilines is 1. The molecule has 2 N–H and O–H groups in total. The summed E-state index contributed by atoms with van der Waals surface area (Å²) in [6.07, 6.45) is 2.68. The van der Waals surface area contributed by atoms with Crippen molar-refractivity contribution in [1.82, 2.24) is 20.5 Å². The van der Waals surface area contributed by atoms with Crippen molar-refractivity contribution in [1.29, 1.82) is 0 Å². The molecule has 0 saturated carbocycles. The van der Waals surface area contributed by atoms with Crippen LogP contribution in [0.1, 0.15) is 18.1 Å². The molecule has 1 aliphatic rings. The van der Waals surface area contributed by atoms with Gasteiger partial charge in [0.1, 0.15) is 11.6 Å². The topological polar surface area (TPSA) is 55.8 Å². The maximum atomic E-state index is 13.0. The van der Waals surface area contributed by atoms with E-state index in [1.54, 1.807) is 0 Å². The van der Waals surface area contributed by atoms with Crippen LogP contribution in [0.2, 0.25) is 0 Å². The molecule has 0 bridgehead atoms. The second kappa shape index (κ2) is 12.7. The highest BCUT2D eigenvalue weighted by Crippen LogP contribution is 2.15. The number of guanidine groups is 1. The number of pyridine rings is 1. The van der Waals surface area contributed by atoms with Gasteiger partial charge in [0.15, 0.2) is 5.96 Å². The summed E-state index contributed by atoms with van der Waals surface area (Å²) in [5.74, 6) is 1.61. The van der Waals surface area contributed by atoms with E-state index in [1.807, 2.05) is 24.4 Å². The molecule has 164 valence electrons. The van der Waals surface area contributed by atoms with Gasteiger partial charge in [-0.15, -0.1) is 24.0 Å². The number of aromatic nitrogens is 1. The number of benzene rings is 1. The zero-order valence-electron chi connectivity index (χ0n) is 17.8. The molecule has 1 aliphatic heterocycles. The molecule has 6 nitrogen and oxygen atoms in total. The average Bonchev–Trinajstić information content (AvgIpc) is 2.74. The molecular formula is C22H32FIN6. The monoisotopic (exact) mass is 526 g/mol. The molecule has 0 atom stereocenters. The van der Waals surface area contributed by atoms with E-state index in [1.165, 1.54) is 12.1 Å². The minimum atomic E-state index is -0.204. The van der Waals surface area contributed by atoms with Gasteiger partial charge in [-0.3, -0.25) is 0 Å². The highest BCUT2D eigenvalue weighted by Gasteiger charge is 2.15. The van der Waals surface area contributed by atoms with Crippen LogP contribution in [0.15, 0.2) is 47.6 Å². The summed E-state index contributed by atoms with van der Waals surface area (Å²) in [6, 6.07) is 10.8. The van der Waals surface area contributed by atoms with Gasteiger partial charge < -0.3 is 20.4 Å². The number of aliphatic imine (C=N–C) groups is 1. The van der Waals surface area contributed by atoms with Crippen LogP contribution in [-0.2, 0) is 13.0 Å². The molecule has 3 rings (SSSR count). The van der Waals surface area contributed by atoms with Gasteiger partial charge in [-0.1, -0.05) is 12.1 Å². The molecule has 0 radical (unpaired) electrons. The summed E-state index contributed by atoms with van der Waals surface area (Å²) in [5, 5.41) is 6.63. The number of likely N-dealkylation sites (N-methyl/N-ethyl adjacent to an activating group) is 1. The van der Waals surface area contributed by atoms with Crippen LogP contribution in [0.4, 0.5) is 10.2 Å². The predicted octanol–water partition coefficient (Wildman–Crippen LogP) is 2.89. The largest absolute Gasteiger partial charge is 0.357 e. The van der Waals surface area contributed by atoms with Gasteiger partial charge >= 0.3 is 0 Å². The molecule has 1 saturated heterocycles. The van der Waals surface area contributed by atoms with Crippen LogP contribution >= 0.6 is 24.0 Å². The molecule has 1 aromatic heterocycles. The van der Waals surface area contributed by atoms with Crippen molar-refractivity contribution in [3.8, 4) is 0 Å². The Bertz CT molecular complexity index is 790. The molecule has 0 spiro atoms. The van der Waals surface area contributed by atoms with E-state index in [2.05, 4.69) is 45.5 Å². The van der Waals surface area contributed by atoms with Crippen LogP contribution in [0.25, 0.3) is 0 Å². The number of halogens is 2. The molecule has 30 heavy (non-hydrogen) atoms. The molecule has 1 aromatic carbocycles. The van der Waals surface area contributed by atoms with E-state index < -0.39 is 0 Å². The maximum absolute atomic E-state index is 13.0. The smallest absolute Gasteiger partial charge is 0.191 e. The van der Waals surface area contributed by atoms with Crippen LogP contribution < -0.4 is 15.5 Å². The minimum absolute atomic E-state index is 0. The first-order valence-corrected chi connectivity index (χ1v) is 10.3. The molecule has 8 heteroatoms. The van der Waals surface area contributed by atoms with Gasteiger partial charge in [-0.25, -0.2) is 14.4 Å². The van der Waals surface area contributed by atoms with Crippen LogP contribution in [-0.4, -0.2) is 62.2 Å². The summed E-state index contributed by atoms with van der Waals surface area (Å²) in [5.41, 5.74) is 2.24. The summed E-state index contributed by atoms with van der Waals surface area (Å²) in [4.78, 5) is 13.9. The number of rotatable bonds is 7. The summed E-state index contributed by atoms with van der Waals surface area (Å²) >= 11 is 0. The first-order chi connectivity index (χ1) is 14.1. The number of nitrogens with one attached hydrogen (secondary N) is 2. The number of hydrogen-bond donors (Lipinski definition) is 2. The van der Waals surface area contributed by atoms with Crippen molar-refractivity contribution in [2.24, 2.45) is 4.99 Å². The Hall–Kier alpha value is -1.94. The highest BCUT2D eigenvalue weighted by atomic mass is 127. The van der Waals surface area contributed by atoms with Crippen molar-refractivity contribution in [2.45, 2.75) is 19.9 Å². The van der Waals surface area contributed by atoms with Gasteiger partial charge in [0, 0.05) is 45.5 Å². The second-order valence-electron chi connectivity index (χ2n) is 7.31. The zero-order valence-corrected chi connectivity index (χ0v) is 20.1. The third-order valence-electron chi connectivity index (χ3n) is 5.02. The maximum Gasteiger partial charge on any atom is 0.191 e. The van der Waals surface area contributed by atoms with Gasteiger partial charge in [0.2, 0.25) is 0 Å². The van der Waals surface area contributed by atoms with Crippen LogP contribution in [0.5, 0.6) is 0 Å². The van der Waals surface area contributed by atoms with E-state index in [0.29, 0.717) is 6.54 Å². The molecule has 0 amide bonds. The van der Waals surface area contributed by atoms with Crippen molar-refractivity contribution in [2.75, 3.05) is 51.2 Å². The molecule has 2 heterocycles. The third-order valence-corrected chi connectivity index (χ3v) is 5.02. The van der Waals surface area contributed by atoms with Crippen LogP contribution in [0.3, 0.4) is 0 Å². The number of hydrogen-bond acceptors (Lipinski definition) is 4. The van der Waals surface area contributed by atoms with Gasteiger partial charge in [0.25, 0.3) is 0 Å². The summed E-state index contributed by atoms with van der Waals surface area (Å²) in [6.45, 7) is 8.31. The minimum Gasteiger partial charge on any atom is -0.357 e. The van der Waals surface area contributed by atoms with E-state index in [0.717, 1.165) is 68.6 Å².